The number of aryl methyl sites for hydroxylation is 1. The molecule has 6 heteroatoms. The summed E-state index contributed by atoms with van der Waals surface area (Å²) in [7, 11) is 0. The van der Waals surface area contributed by atoms with E-state index in [-0.39, 0.29) is 5.91 Å². The molecule has 4 rings (SSSR count). The second-order valence-corrected chi connectivity index (χ2v) is 9.12. The number of carbonyl (C=O) groups excluding carboxylic acids is 1. The number of nitrogens with zero attached hydrogens (tertiary/aromatic N) is 4. The highest BCUT2D eigenvalue weighted by Crippen LogP contribution is 2.22. The number of piperidine rings is 1. The summed E-state index contributed by atoms with van der Waals surface area (Å²) in [6.07, 6.45) is 4.62. The summed E-state index contributed by atoms with van der Waals surface area (Å²) < 4.78 is 5.91. The Morgan fingerprint density at radius 2 is 1.91 bits per heavy atom. The number of anilines is 1. The largest absolute Gasteiger partial charge is 0.493 e. The lowest BCUT2D eigenvalue weighted by Crippen LogP contribution is -2.50. The first-order valence-corrected chi connectivity index (χ1v) is 12.0. The lowest BCUT2D eigenvalue weighted by atomic mass is 9.97. The molecule has 0 radical (unpaired) electrons. The van der Waals surface area contributed by atoms with Crippen molar-refractivity contribution in [3.8, 4) is 5.75 Å². The second kappa shape index (κ2) is 10.8. The number of ether oxygens (including phenoxy) is 1. The number of likely N-dealkylation sites (tertiary alicyclic amines) is 1. The number of piperazine rings is 1. The van der Waals surface area contributed by atoms with Gasteiger partial charge in [-0.15, -0.1) is 0 Å². The van der Waals surface area contributed by atoms with Gasteiger partial charge in [-0.1, -0.05) is 18.2 Å². The normalized spacial score (nSPS) is 19.8. The molecule has 0 aliphatic carbocycles. The van der Waals surface area contributed by atoms with Crippen molar-refractivity contribution >= 4 is 11.7 Å². The maximum absolute atomic E-state index is 12.8. The minimum atomic E-state index is 0.222. The third-order valence-electron chi connectivity index (χ3n) is 6.86. The van der Waals surface area contributed by atoms with E-state index in [1.54, 1.807) is 0 Å². The quantitative estimate of drug-likeness (QED) is 0.665. The van der Waals surface area contributed by atoms with Crippen LogP contribution >= 0.6 is 0 Å². The number of amides is 1. The zero-order valence-electron chi connectivity index (χ0n) is 19.5. The molecule has 1 atom stereocenters. The number of aromatic nitrogens is 1. The van der Waals surface area contributed by atoms with Crippen molar-refractivity contribution in [1.29, 1.82) is 0 Å². The van der Waals surface area contributed by atoms with Crippen LogP contribution in [-0.2, 0) is 4.79 Å². The molecule has 2 aliphatic heterocycles. The van der Waals surface area contributed by atoms with Crippen LogP contribution in [0.3, 0.4) is 0 Å². The topological polar surface area (TPSA) is 48.9 Å². The van der Waals surface area contributed by atoms with E-state index in [0.717, 1.165) is 69.4 Å². The lowest BCUT2D eigenvalue weighted by Gasteiger charge is -2.39. The highest BCUT2D eigenvalue weighted by atomic mass is 16.5. The van der Waals surface area contributed by atoms with Gasteiger partial charge in [0.15, 0.2) is 0 Å². The fourth-order valence-electron chi connectivity index (χ4n) is 4.79. The monoisotopic (exact) mass is 436 g/mol. The van der Waals surface area contributed by atoms with Crippen LogP contribution in [0.5, 0.6) is 5.75 Å². The summed E-state index contributed by atoms with van der Waals surface area (Å²) in [4.78, 5) is 24.3. The van der Waals surface area contributed by atoms with E-state index < -0.39 is 0 Å². The van der Waals surface area contributed by atoms with E-state index in [1.807, 2.05) is 24.4 Å². The van der Waals surface area contributed by atoms with E-state index in [2.05, 4.69) is 51.7 Å². The smallest absolute Gasteiger partial charge is 0.226 e. The molecule has 1 amide bonds. The maximum Gasteiger partial charge on any atom is 0.226 e. The van der Waals surface area contributed by atoms with Crippen LogP contribution in [0.1, 0.15) is 30.4 Å². The number of pyridine rings is 1. The summed E-state index contributed by atoms with van der Waals surface area (Å²) in [5.74, 6) is 2.75. The number of hydrogen-bond acceptors (Lipinski definition) is 5. The molecule has 32 heavy (non-hydrogen) atoms. The second-order valence-electron chi connectivity index (χ2n) is 9.12. The van der Waals surface area contributed by atoms with E-state index in [4.69, 9.17) is 4.74 Å². The number of hydrogen-bond donors (Lipinski definition) is 0. The fourth-order valence-corrected chi connectivity index (χ4v) is 4.79. The van der Waals surface area contributed by atoms with Crippen molar-refractivity contribution in [1.82, 2.24) is 14.8 Å². The zero-order chi connectivity index (χ0) is 22.3. The van der Waals surface area contributed by atoms with Gasteiger partial charge in [-0.2, -0.15) is 0 Å². The van der Waals surface area contributed by atoms with Crippen LogP contribution in [0.4, 0.5) is 5.82 Å². The predicted molar refractivity (Wildman–Crippen MR) is 128 cm³/mol. The lowest BCUT2D eigenvalue weighted by molar-refractivity contribution is -0.133. The van der Waals surface area contributed by atoms with Crippen molar-refractivity contribution in [2.75, 3.05) is 57.3 Å². The minimum Gasteiger partial charge on any atom is -0.493 e. The highest BCUT2D eigenvalue weighted by Gasteiger charge is 2.26. The third-order valence-corrected chi connectivity index (χ3v) is 6.86. The van der Waals surface area contributed by atoms with Gasteiger partial charge in [-0.25, -0.2) is 4.98 Å². The zero-order valence-corrected chi connectivity index (χ0v) is 19.5. The first-order valence-electron chi connectivity index (χ1n) is 12.0. The minimum absolute atomic E-state index is 0.222. The van der Waals surface area contributed by atoms with E-state index in [9.17, 15) is 4.79 Å². The molecule has 172 valence electrons. The summed E-state index contributed by atoms with van der Waals surface area (Å²) >= 11 is 0. The van der Waals surface area contributed by atoms with E-state index in [1.165, 1.54) is 12.0 Å². The molecule has 1 aromatic carbocycles. The molecule has 0 bridgehead atoms. The number of carbonyl (C=O) groups is 1. The van der Waals surface area contributed by atoms with Gasteiger partial charge in [0, 0.05) is 52.0 Å². The van der Waals surface area contributed by atoms with Crippen LogP contribution in [0, 0.1) is 19.8 Å². The van der Waals surface area contributed by atoms with Gasteiger partial charge in [0.1, 0.15) is 11.6 Å². The summed E-state index contributed by atoms with van der Waals surface area (Å²) in [6.45, 7) is 11.6. The third kappa shape index (κ3) is 5.80. The van der Waals surface area contributed by atoms with Crippen molar-refractivity contribution in [3.05, 3.63) is 53.7 Å². The first-order chi connectivity index (χ1) is 15.6. The van der Waals surface area contributed by atoms with Crippen molar-refractivity contribution in [3.63, 3.8) is 0 Å². The standard InChI is InChI=1S/C26H36N4O2/c1-21-7-5-9-24(22(21)2)32-18-11-26(31)30-13-6-8-23(20-30)19-28-14-16-29(17-15-28)25-10-3-4-12-27-25/h3-5,7,9-10,12,23H,6,8,11,13-20H2,1-2H3. The van der Waals surface area contributed by atoms with Gasteiger partial charge < -0.3 is 14.5 Å². The molecular weight excluding hydrogens is 400 g/mol. The van der Waals surface area contributed by atoms with Crippen molar-refractivity contribution in [2.45, 2.75) is 33.1 Å². The van der Waals surface area contributed by atoms with E-state index in [0.29, 0.717) is 18.9 Å². The molecule has 2 fully saturated rings. The molecule has 1 unspecified atom stereocenters. The molecule has 2 aliphatic rings. The fraction of sp³-hybridized carbons (Fsp3) is 0.538. The summed E-state index contributed by atoms with van der Waals surface area (Å²) in [5.41, 5.74) is 2.37. The number of benzene rings is 1. The SMILES string of the molecule is Cc1cccc(OCCC(=O)N2CCCC(CN3CCN(c4ccccn4)CC3)C2)c1C. The van der Waals surface area contributed by atoms with Crippen LogP contribution < -0.4 is 9.64 Å². The van der Waals surface area contributed by atoms with Gasteiger partial charge in [0.25, 0.3) is 0 Å². The first kappa shape index (κ1) is 22.6. The van der Waals surface area contributed by atoms with Gasteiger partial charge in [-0.3, -0.25) is 9.69 Å². The van der Waals surface area contributed by atoms with Gasteiger partial charge >= 0.3 is 0 Å². The predicted octanol–water partition coefficient (Wildman–Crippen LogP) is 3.53. The average molecular weight is 437 g/mol. The summed E-state index contributed by atoms with van der Waals surface area (Å²) in [6, 6.07) is 12.2. The Kier molecular flexibility index (Phi) is 7.63. The molecule has 2 saturated heterocycles. The van der Waals surface area contributed by atoms with Crippen LogP contribution in [0.2, 0.25) is 0 Å². The van der Waals surface area contributed by atoms with Crippen LogP contribution in [-0.4, -0.2) is 73.1 Å². The Morgan fingerprint density at radius 3 is 2.69 bits per heavy atom. The Bertz CT molecular complexity index is 881. The van der Waals surface area contributed by atoms with Crippen molar-refractivity contribution < 1.29 is 9.53 Å². The van der Waals surface area contributed by atoms with Crippen molar-refractivity contribution in [2.24, 2.45) is 5.92 Å². The Hall–Kier alpha value is -2.60. The van der Waals surface area contributed by atoms with Gasteiger partial charge in [0.2, 0.25) is 5.91 Å². The Labute approximate surface area is 192 Å². The molecule has 6 nitrogen and oxygen atoms in total. The molecule has 0 N–H and O–H groups in total. The van der Waals surface area contributed by atoms with Crippen LogP contribution in [0.15, 0.2) is 42.6 Å². The molecule has 0 spiro atoms. The summed E-state index contributed by atoms with van der Waals surface area (Å²) in [5, 5.41) is 0. The molecular formula is C26H36N4O2. The highest BCUT2D eigenvalue weighted by molar-refractivity contribution is 5.76. The van der Waals surface area contributed by atoms with Gasteiger partial charge in [-0.05, 0) is 61.9 Å². The van der Waals surface area contributed by atoms with Gasteiger partial charge in [0.05, 0.1) is 13.0 Å². The molecule has 2 aromatic rings. The van der Waals surface area contributed by atoms with E-state index >= 15 is 0 Å². The Balaban J connectivity index is 1.19. The number of rotatable bonds is 7. The average Bonchev–Trinajstić information content (AvgIpc) is 2.83. The maximum atomic E-state index is 12.8. The Morgan fingerprint density at radius 1 is 1.06 bits per heavy atom. The molecule has 3 heterocycles. The molecule has 0 saturated carbocycles. The molecule has 1 aromatic heterocycles. The van der Waals surface area contributed by atoms with Crippen LogP contribution in [0.25, 0.3) is 0 Å².